The van der Waals surface area contributed by atoms with Gasteiger partial charge in [0.1, 0.15) is 6.29 Å². The first-order chi connectivity index (χ1) is 6.90. The van der Waals surface area contributed by atoms with Gasteiger partial charge < -0.3 is 9.84 Å². The van der Waals surface area contributed by atoms with Crippen molar-refractivity contribution in [3.05, 3.63) is 23.3 Å². The van der Waals surface area contributed by atoms with Gasteiger partial charge >= 0.3 is 0 Å². The zero-order valence-electron chi connectivity index (χ0n) is 9.50. The molecule has 0 bridgehead atoms. The molecule has 0 spiro atoms. The lowest BCUT2D eigenvalue weighted by Crippen LogP contribution is -2.12. The molecular formula is C12H16O3. The van der Waals surface area contributed by atoms with Crippen LogP contribution >= 0.6 is 0 Å². The molecule has 0 aromatic heterocycles. The molecule has 82 valence electrons. The molecule has 3 heteroatoms. The normalized spacial score (nSPS) is 11.2. The lowest BCUT2D eigenvalue weighted by molar-refractivity contribution is 0.112. The third kappa shape index (κ3) is 2.29. The van der Waals surface area contributed by atoms with Gasteiger partial charge in [-0.15, -0.1) is 0 Å². The van der Waals surface area contributed by atoms with E-state index in [1.165, 1.54) is 13.2 Å². The van der Waals surface area contributed by atoms with E-state index < -0.39 is 0 Å². The lowest BCUT2D eigenvalue weighted by atomic mass is 9.85. The fraction of sp³-hybridized carbons (Fsp3) is 0.417. The Kier molecular flexibility index (Phi) is 3.03. The number of hydrogen-bond donors (Lipinski definition) is 1. The minimum Gasteiger partial charge on any atom is -0.504 e. The summed E-state index contributed by atoms with van der Waals surface area (Å²) in [6.45, 7) is 5.90. The van der Waals surface area contributed by atoms with E-state index in [-0.39, 0.29) is 11.2 Å². The van der Waals surface area contributed by atoms with Crippen molar-refractivity contribution in [1.82, 2.24) is 0 Å². The predicted molar refractivity (Wildman–Crippen MR) is 58.7 cm³/mol. The van der Waals surface area contributed by atoms with Crippen LogP contribution in [0.1, 0.15) is 36.7 Å². The van der Waals surface area contributed by atoms with Crippen LogP contribution in [-0.2, 0) is 5.41 Å². The van der Waals surface area contributed by atoms with Gasteiger partial charge in [-0.1, -0.05) is 20.8 Å². The Hall–Kier alpha value is -1.51. The fourth-order valence-electron chi connectivity index (χ4n) is 1.42. The summed E-state index contributed by atoms with van der Waals surface area (Å²) in [6, 6.07) is 3.21. The molecule has 1 N–H and O–H groups in total. The van der Waals surface area contributed by atoms with E-state index in [4.69, 9.17) is 4.74 Å². The Labute approximate surface area is 89.7 Å². The van der Waals surface area contributed by atoms with Gasteiger partial charge in [0.25, 0.3) is 0 Å². The number of phenols is 1. The van der Waals surface area contributed by atoms with Crippen LogP contribution < -0.4 is 4.74 Å². The van der Waals surface area contributed by atoms with Crippen molar-refractivity contribution in [2.45, 2.75) is 26.2 Å². The van der Waals surface area contributed by atoms with Gasteiger partial charge in [-0.2, -0.15) is 0 Å². The molecule has 0 unspecified atom stereocenters. The summed E-state index contributed by atoms with van der Waals surface area (Å²) in [5.41, 5.74) is 0.995. The summed E-state index contributed by atoms with van der Waals surface area (Å²) in [4.78, 5) is 10.7. The van der Waals surface area contributed by atoms with Crippen LogP contribution in [0.3, 0.4) is 0 Å². The van der Waals surface area contributed by atoms with Crippen molar-refractivity contribution < 1.29 is 14.6 Å². The number of hydrogen-bond acceptors (Lipinski definition) is 3. The second-order valence-corrected chi connectivity index (χ2v) is 4.49. The first-order valence-corrected chi connectivity index (χ1v) is 4.77. The molecule has 0 saturated carbocycles. The fourth-order valence-corrected chi connectivity index (χ4v) is 1.42. The van der Waals surface area contributed by atoms with E-state index in [0.717, 1.165) is 6.29 Å². The summed E-state index contributed by atoms with van der Waals surface area (Å²) < 4.78 is 5.01. The molecule has 0 heterocycles. The first-order valence-electron chi connectivity index (χ1n) is 4.77. The topological polar surface area (TPSA) is 46.5 Å². The summed E-state index contributed by atoms with van der Waals surface area (Å²) in [7, 11) is 1.47. The minimum absolute atomic E-state index is 0.107. The standard InChI is InChI=1S/C12H16O3/c1-12(2,3)9-5-8(7-13)6-10(15-4)11(9)14/h5-7,14H,1-4H3. The minimum atomic E-state index is -0.226. The van der Waals surface area contributed by atoms with E-state index in [1.807, 2.05) is 20.8 Å². The second kappa shape index (κ2) is 3.93. The molecule has 0 radical (unpaired) electrons. The van der Waals surface area contributed by atoms with Crippen LogP contribution in [0.2, 0.25) is 0 Å². The molecule has 0 atom stereocenters. The summed E-state index contributed by atoms with van der Waals surface area (Å²) in [5, 5.41) is 9.90. The summed E-state index contributed by atoms with van der Waals surface area (Å²) in [5.74, 6) is 0.445. The van der Waals surface area contributed by atoms with Crippen molar-refractivity contribution >= 4 is 6.29 Å². The van der Waals surface area contributed by atoms with Crippen molar-refractivity contribution in [3.63, 3.8) is 0 Å². The number of aldehydes is 1. The SMILES string of the molecule is COc1cc(C=O)cc(C(C)(C)C)c1O. The Bertz CT molecular complexity index is 375. The molecule has 0 aliphatic heterocycles. The van der Waals surface area contributed by atoms with E-state index in [9.17, 15) is 9.90 Å². The maximum Gasteiger partial charge on any atom is 0.161 e. The molecule has 0 aliphatic carbocycles. The number of carbonyl (C=O) groups excluding carboxylic acids is 1. The van der Waals surface area contributed by atoms with E-state index >= 15 is 0 Å². The van der Waals surface area contributed by atoms with Crippen LogP contribution in [0.4, 0.5) is 0 Å². The van der Waals surface area contributed by atoms with Crippen molar-refractivity contribution in [2.24, 2.45) is 0 Å². The number of phenolic OH excluding ortho intramolecular Hbond substituents is 1. The van der Waals surface area contributed by atoms with Crippen LogP contribution in [0.5, 0.6) is 11.5 Å². The van der Waals surface area contributed by atoms with E-state index in [2.05, 4.69) is 0 Å². The summed E-state index contributed by atoms with van der Waals surface area (Å²) >= 11 is 0. The van der Waals surface area contributed by atoms with Crippen LogP contribution in [0, 0.1) is 0 Å². The van der Waals surface area contributed by atoms with Crippen molar-refractivity contribution in [1.29, 1.82) is 0 Å². The summed E-state index contributed by atoms with van der Waals surface area (Å²) in [6.07, 6.45) is 0.747. The zero-order chi connectivity index (χ0) is 11.6. The quantitative estimate of drug-likeness (QED) is 0.759. The number of carbonyl (C=O) groups is 1. The average Bonchev–Trinajstić information content (AvgIpc) is 2.16. The third-order valence-corrected chi connectivity index (χ3v) is 2.26. The molecule has 0 amide bonds. The van der Waals surface area contributed by atoms with Gasteiger partial charge in [0.05, 0.1) is 7.11 Å². The highest BCUT2D eigenvalue weighted by molar-refractivity contribution is 5.77. The highest BCUT2D eigenvalue weighted by Gasteiger charge is 2.21. The van der Waals surface area contributed by atoms with Gasteiger partial charge in [-0.3, -0.25) is 4.79 Å². The molecule has 3 nitrogen and oxygen atoms in total. The monoisotopic (exact) mass is 208 g/mol. The molecule has 0 fully saturated rings. The van der Waals surface area contributed by atoms with Crippen LogP contribution in [-0.4, -0.2) is 18.5 Å². The van der Waals surface area contributed by atoms with Gasteiger partial charge in [0.15, 0.2) is 11.5 Å². The van der Waals surface area contributed by atoms with Crippen molar-refractivity contribution in [3.8, 4) is 11.5 Å². The largest absolute Gasteiger partial charge is 0.504 e. The molecule has 1 rings (SSSR count). The van der Waals surface area contributed by atoms with Gasteiger partial charge in [0.2, 0.25) is 0 Å². The smallest absolute Gasteiger partial charge is 0.161 e. The molecule has 0 aliphatic rings. The molecule has 15 heavy (non-hydrogen) atoms. The van der Waals surface area contributed by atoms with Crippen LogP contribution in [0.15, 0.2) is 12.1 Å². The van der Waals surface area contributed by atoms with Crippen LogP contribution in [0.25, 0.3) is 0 Å². The highest BCUT2D eigenvalue weighted by Crippen LogP contribution is 2.38. The first kappa shape index (κ1) is 11.6. The average molecular weight is 208 g/mol. The molecular weight excluding hydrogens is 192 g/mol. The Morgan fingerprint density at radius 2 is 1.93 bits per heavy atom. The van der Waals surface area contributed by atoms with Gasteiger partial charge in [0, 0.05) is 11.1 Å². The Morgan fingerprint density at radius 3 is 2.33 bits per heavy atom. The maximum atomic E-state index is 10.7. The number of rotatable bonds is 2. The zero-order valence-corrected chi connectivity index (χ0v) is 9.50. The number of methoxy groups -OCH3 is 1. The van der Waals surface area contributed by atoms with Gasteiger partial charge in [-0.25, -0.2) is 0 Å². The second-order valence-electron chi connectivity index (χ2n) is 4.49. The Morgan fingerprint density at radius 1 is 1.33 bits per heavy atom. The Balaban J connectivity index is 3.44. The highest BCUT2D eigenvalue weighted by atomic mass is 16.5. The number of aromatic hydroxyl groups is 1. The van der Waals surface area contributed by atoms with Gasteiger partial charge in [-0.05, 0) is 17.5 Å². The van der Waals surface area contributed by atoms with E-state index in [0.29, 0.717) is 16.9 Å². The van der Waals surface area contributed by atoms with E-state index in [1.54, 1.807) is 6.07 Å². The van der Waals surface area contributed by atoms with Crippen molar-refractivity contribution in [2.75, 3.05) is 7.11 Å². The molecule has 1 aromatic carbocycles. The maximum absolute atomic E-state index is 10.7. The molecule has 1 aromatic rings. The molecule has 0 saturated heterocycles. The lowest BCUT2D eigenvalue weighted by Gasteiger charge is -2.22. The predicted octanol–water partition coefficient (Wildman–Crippen LogP) is 2.51. The third-order valence-electron chi connectivity index (χ3n) is 2.26. The number of benzene rings is 1. The number of ether oxygens (including phenoxy) is 1.